The molecule has 3 N–H and O–H groups in total. The molecule has 128 valence electrons. The number of halogens is 4. The van der Waals surface area contributed by atoms with Gasteiger partial charge in [0.25, 0.3) is 18.8 Å². The highest BCUT2D eigenvalue weighted by Crippen LogP contribution is 2.14. The summed E-state index contributed by atoms with van der Waals surface area (Å²) in [7, 11) is 0. The second kappa shape index (κ2) is 8.45. The molecule has 0 unspecified atom stereocenters. The second-order valence-electron chi connectivity index (χ2n) is 3.92. The molecular formula is C12H9F4N5O3. The molecule has 0 saturated heterocycles. The molecule has 24 heavy (non-hydrogen) atoms. The zero-order valence-electron chi connectivity index (χ0n) is 11.6. The predicted molar refractivity (Wildman–Crippen MR) is 69.5 cm³/mol. The number of carboxylic acid groups (broad SMARTS) is 1. The summed E-state index contributed by atoms with van der Waals surface area (Å²) in [5, 5.41) is 8.32. The molecule has 2 aromatic rings. The number of hydrogen-bond acceptors (Lipinski definition) is 6. The van der Waals surface area contributed by atoms with Crippen LogP contribution in [-0.4, -0.2) is 36.9 Å². The summed E-state index contributed by atoms with van der Waals surface area (Å²) >= 11 is 0. The number of aromatic nitrogens is 4. The Morgan fingerprint density at radius 2 is 1.25 bits per heavy atom. The number of rotatable bonds is 4. The van der Waals surface area contributed by atoms with Crippen molar-refractivity contribution in [2.45, 2.75) is 12.9 Å². The summed E-state index contributed by atoms with van der Waals surface area (Å²) in [6, 6.07) is 0. The number of carboxylic acids is 1. The van der Waals surface area contributed by atoms with E-state index in [-0.39, 0.29) is 11.4 Å². The summed E-state index contributed by atoms with van der Waals surface area (Å²) in [6.45, 7) is 0. The predicted octanol–water partition coefficient (Wildman–Crippen LogP) is 1.63. The van der Waals surface area contributed by atoms with Gasteiger partial charge >= 0.3 is 5.97 Å². The van der Waals surface area contributed by atoms with E-state index in [1.807, 2.05) is 0 Å². The first kappa shape index (κ1) is 18.9. The Morgan fingerprint density at radius 3 is 1.50 bits per heavy atom. The fraction of sp³-hybridized carbons (Fsp3) is 0.167. The average Bonchev–Trinajstić information content (AvgIpc) is 2.55. The summed E-state index contributed by atoms with van der Waals surface area (Å²) in [5.74, 6) is -2.08. The smallest absolute Gasteiger partial charge is 0.356 e. The van der Waals surface area contributed by atoms with Crippen molar-refractivity contribution in [3.8, 4) is 0 Å². The molecule has 0 spiro atoms. The number of amides is 1. The van der Waals surface area contributed by atoms with Crippen LogP contribution in [0.5, 0.6) is 0 Å². The number of carbonyl (C=O) groups is 2. The number of nitrogens with two attached hydrogens (primary N) is 1. The number of nitrogens with zero attached hydrogens (tertiary/aromatic N) is 4. The number of primary amides is 1. The van der Waals surface area contributed by atoms with Crippen molar-refractivity contribution in [2.24, 2.45) is 5.73 Å². The topological polar surface area (TPSA) is 132 Å². The summed E-state index contributed by atoms with van der Waals surface area (Å²) < 4.78 is 47.5. The Hall–Kier alpha value is -3.18. The molecular weight excluding hydrogens is 338 g/mol. The first-order valence-electron chi connectivity index (χ1n) is 5.95. The Morgan fingerprint density at radius 1 is 0.833 bits per heavy atom. The van der Waals surface area contributed by atoms with Crippen LogP contribution in [0.25, 0.3) is 0 Å². The lowest BCUT2D eigenvalue weighted by atomic mass is 10.4. The van der Waals surface area contributed by atoms with Gasteiger partial charge in [-0.1, -0.05) is 0 Å². The highest BCUT2D eigenvalue weighted by molar-refractivity contribution is 5.90. The number of aromatic carboxylic acids is 1. The third kappa shape index (κ3) is 5.55. The minimum atomic E-state index is -2.72. The van der Waals surface area contributed by atoms with Crippen molar-refractivity contribution in [1.82, 2.24) is 19.9 Å². The molecule has 0 aliphatic rings. The van der Waals surface area contributed by atoms with E-state index in [2.05, 4.69) is 19.9 Å². The van der Waals surface area contributed by atoms with Crippen LogP contribution in [0.3, 0.4) is 0 Å². The molecule has 0 radical (unpaired) electrons. The van der Waals surface area contributed by atoms with E-state index in [1.54, 1.807) is 0 Å². The van der Waals surface area contributed by atoms with Gasteiger partial charge in [-0.25, -0.2) is 32.3 Å². The fourth-order valence-corrected chi connectivity index (χ4v) is 1.14. The maximum Gasteiger partial charge on any atom is 0.356 e. The molecule has 8 nitrogen and oxygen atoms in total. The van der Waals surface area contributed by atoms with Gasteiger partial charge in [-0.05, 0) is 0 Å². The lowest BCUT2D eigenvalue weighted by Gasteiger charge is -1.97. The zero-order chi connectivity index (χ0) is 18.3. The third-order valence-corrected chi connectivity index (χ3v) is 2.26. The van der Waals surface area contributed by atoms with Crippen molar-refractivity contribution in [3.63, 3.8) is 0 Å². The molecule has 0 aliphatic heterocycles. The molecule has 1 amide bonds. The number of hydrogen-bond donors (Lipinski definition) is 2. The molecule has 12 heteroatoms. The van der Waals surface area contributed by atoms with E-state index >= 15 is 0 Å². The second-order valence-corrected chi connectivity index (χ2v) is 3.92. The van der Waals surface area contributed by atoms with Crippen molar-refractivity contribution in [2.75, 3.05) is 0 Å². The highest BCUT2D eigenvalue weighted by Gasteiger charge is 2.11. The molecule has 0 aliphatic carbocycles. The van der Waals surface area contributed by atoms with Gasteiger partial charge in [0, 0.05) is 0 Å². The Bertz CT molecular complexity index is 633. The van der Waals surface area contributed by atoms with Gasteiger partial charge in [0.15, 0.2) is 5.69 Å². The first-order valence-corrected chi connectivity index (χ1v) is 5.95. The average molecular weight is 347 g/mol. The normalized spacial score (nSPS) is 10.2. The fourth-order valence-electron chi connectivity index (χ4n) is 1.14. The summed E-state index contributed by atoms with van der Waals surface area (Å²) in [6.07, 6.45) is -2.12. The molecule has 2 heterocycles. The molecule has 2 aromatic heterocycles. The zero-order valence-corrected chi connectivity index (χ0v) is 11.6. The lowest BCUT2D eigenvalue weighted by Crippen LogP contribution is -2.13. The molecule has 2 rings (SSSR count). The van der Waals surface area contributed by atoms with E-state index in [0.717, 1.165) is 24.8 Å². The number of alkyl halides is 4. The van der Waals surface area contributed by atoms with Crippen LogP contribution in [0.15, 0.2) is 24.8 Å². The Balaban J connectivity index is 0.000000240. The third-order valence-electron chi connectivity index (χ3n) is 2.26. The van der Waals surface area contributed by atoms with Crippen LogP contribution in [0.1, 0.15) is 45.2 Å². The van der Waals surface area contributed by atoms with Gasteiger partial charge in [-0.15, -0.1) is 0 Å². The minimum absolute atomic E-state index is 0.126. The highest BCUT2D eigenvalue weighted by atomic mass is 19.3. The minimum Gasteiger partial charge on any atom is -0.476 e. The van der Waals surface area contributed by atoms with Gasteiger partial charge < -0.3 is 10.8 Å². The largest absolute Gasteiger partial charge is 0.476 e. The maximum absolute atomic E-state index is 11.9. The Labute approximate surface area is 131 Å². The van der Waals surface area contributed by atoms with E-state index in [9.17, 15) is 27.2 Å². The van der Waals surface area contributed by atoms with Gasteiger partial charge in [0.2, 0.25) is 0 Å². The molecule has 0 bridgehead atoms. The molecule has 0 aromatic carbocycles. The van der Waals surface area contributed by atoms with Gasteiger partial charge in [0.1, 0.15) is 17.1 Å². The van der Waals surface area contributed by atoms with E-state index in [0.29, 0.717) is 0 Å². The van der Waals surface area contributed by atoms with Gasteiger partial charge in [-0.2, -0.15) is 0 Å². The van der Waals surface area contributed by atoms with Crippen LogP contribution in [0.2, 0.25) is 0 Å². The van der Waals surface area contributed by atoms with Crippen molar-refractivity contribution >= 4 is 11.9 Å². The van der Waals surface area contributed by atoms with E-state index in [4.69, 9.17) is 10.8 Å². The number of carbonyl (C=O) groups excluding carboxylic acids is 1. The lowest BCUT2D eigenvalue weighted by molar-refractivity contribution is 0.0688. The molecule has 0 saturated carbocycles. The van der Waals surface area contributed by atoms with Crippen LogP contribution >= 0.6 is 0 Å². The molecule has 0 atom stereocenters. The quantitative estimate of drug-likeness (QED) is 0.803. The summed E-state index contributed by atoms with van der Waals surface area (Å²) in [4.78, 5) is 33.7. The maximum atomic E-state index is 11.9. The monoisotopic (exact) mass is 347 g/mol. The van der Waals surface area contributed by atoms with Crippen LogP contribution < -0.4 is 5.73 Å². The van der Waals surface area contributed by atoms with Gasteiger partial charge in [-0.3, -0.25) is 14.8 Å². The van der Waals surface area contributed by atoms with Crippen molar-refractivity contribution < 1.29 is 32.3 Å². The van der Waals surface area contributed by atoms with E-state index < -0.39 is 36.1 Å². The van der Waals surface area contributed by atoms with Crippen LogP contribution in [0, 0.1) is 0 Å². The molecule has 0 fully saturated rings. The van der Waals surface area contributed by atoms with Gasteiger partial charge in [0.05, 0.1) is 24.8 Å². The van der Waals surface area contributed by atoms with Crippen LogP contribution in [-0.2, 0) is 0 Å². The van der Waals surface area contributed by atoms with Crippen molar-refractivity contribution in [3.05, 3.63) is 47.6 Å². The first-order chi connectivity index (χ1) is 11.2. The SMILES string of the molecule is NC(=O)c1cnc(C(F)F)cn1.O=C(O)c1cnc(C(F)F)cn1. The Kier molecular flexibility index (Phi) is 6.64. The standard InChI is InChI=1S/C6H5F2N3O.C6H4F2N2O2/c7-5(8)3-1-11-4(2-10-3)6(9)12;7-5(8)3-1-10-4(2-9-3)6(11)12/h1-2,5H,(H2,9,12);1-2,5H,(H,11,12). The summed E-state index contributed by atoms with van der Waals surface area (Å²) in [5.41, 5.74) is 3.34. The van der Waals surface area contributed by atoms with Crippen LogP contribution in [0.4, 0.5) is 17.6 Å². The van der Waals surface area contributed by atoms with E-state index in [1.165, 1.54) is 0 Å². The van der Waals surface area contributed by atoms with Crippen molar-refractivity contribution in [1.29, 1.82) is 0 Å².